The molecule has 0 saturated carbocycles. The summed E-state index contributed by atoms with van der Waals surface area (Å²) in [4.78, 5) is 0. The van der Waals surface area contributed by atoms with Crippen LogP contribution >= 0.6 is 0 Å². The molecule has 0 heterocycles. The highest BCUT2D eigenvalue weighted by Gasteiger charge is 2.18. The zero-order chi connectivity index (χ0) is 8.97. The second-order valence-corrected chi connectivity index (χ2v) is 2.56. The van der Waals surface area contributed by atoms with Crippen molar-refractivity contribution >= 4 is 0 Å². The Bertz CT molecular complexity index is 225. The van der Waals surface area contributed by atoms with Crippen LogP contribution in [0.15, 0.2) is 30.3 Å². The van der Waals surface area contributed by atoms with Crippen molar-refractivity contribution in [1.82, 2.24) is 0 Å². The van der Waals surface area contributed by atoms with E-state index in [2.05, 4.69) is 0 Å². The first-order chi connectivity index (χ1) is 5.75. The summed E-state index contributed by atoms with van der Waals surface area (Å²) in [5.41, 5.74) is 0.388. The molecule has 0 aliphatic carbocycles. The Morgan fingerprint density at radius 1 is 1.25 bits per heavy atom. The maximum Gasteiger partial charge on any atom is 0.153 e. The van der Waals surface area contributed by atoms with Gasteiger partial charge < -0.3 is 10.2 Å². The van der Waals surface area contributed by atoms with Gasteiger partial charge in [0.05, 0.1) is 6.61 Å². The molecule has 66 valence electrons. The second-order valence-electron chi connectivity index (χ2n) is 2.56. The Morgan fingerprint density at radius 3 is 2.33 bits per heavy atom. The van der Waals surface area contributed by atoms with Crippen LogP contribution in [0.3, 0.4) is 0 Å². The van der Waals surface area contributed by atoms with Crippen molar-refractivity contribution in [2.45, 2.75) is 12.3 Å². The van der Waals surface area contributed by atoms with Gasteiger partial charge in [-0.3, -0.25) is 0 Å². The summed E-state index contributed by atoms with van der Waals surface area (Å²) in [6.07, 6.45) is -2.83. The summed E-state index contributed by atoms with van der Waals surface area (Å²) < 4.78 is 13.1. The van der Waals surface area contributed by atoms with E-state index in [1.165, 1.54) is 0 Å². The molecular formula is C9H11FO2. The van der Waals surface area contributed by atoms with Crippen LogP contribution in [-0.2, 0) is 0 Å². The fourth-order valence-corrected chi connectivity index (χ4v) is 0.952. The molecule has 1 aromatic rings. The Morgan fingerprint density at radius 2 is 1.83 bits per heavy atom. The zero-order valence-electron chi connectivity index (χ0n) is 6.52. The lowest BCUT2D eigenvalue weighted by atomic mass is 10.1. The first-order valence-corrected chi connectivity index (χ1v) is 3.73. The van der Waals surface area contributed by atoms with Gasteiger partial charge in [-0.1, -0.05) is 30.3 Å². The van der Waals surface area contributed by atoms with Crippen molar-refractivity contribution < 1.29 is 14.6 Å². The van der Waals surface area contributed by atoms with Crippen LogP contribution in [-0.4, -0.2) is 22.9 Å². The molecule has 0 unspecified atom stereocenters. The molecule has 0 amide bonds. The zero-order valence-corrected chi connectivity index (χ0v) is 6.52. The summed E-state index contributed by atoms with van der Waals surface area (Å²) in [7, 11) is 0. The topological polar surface area (TPSA) is 40.5 Å². The van der Waals surface area contributed by atoms with E-state index in [9.17, 15) is 4.39 Å². The van der Waals surface area contributed by atoms with Crippen molar-refractivity contribution in [2.75, 3.05) is 6.61 Å². The lowest BCUT2D eigenvalue weighted by Gasteiger charge is -2.12. The van der Waals surface area contributed by atoms with Gasteiger partial charge in [0, 0.05) is 0 Å². The van der Waals surface area contributed by atoms with Crippen molar-refractivity contribution in [3.63, 3.8) is 0 Å². The Balaban J connectivity index is 2.71. The maximum atomic E-state index is 13.1. The van der Waals surface area contributed by atoms with E-state index in [-0.39, 0.29) is 0 Å². The third-order valence-corrected chi connectivity index (χ3v) is 1.64. The van der Waals surface area contributed by atoms with Crippen LogP contribution in [0, 0.1) is 0 Å². The number of benzene rings is 1. The number of hydrogen-bond acceptors (Lipinski definition) is 2. The van der Waals surface area contributed by atoms with Gasteiger partial charge in [0.25, 0.3) is 0 Å². The molecule has 3 heteroatoms. The number of aliphatic hydroxyl groups excluding tert-OH is 2. The number of hydrogen-bond donors (Lipinski definition) is 2. The molecule has 0 aliphatic heterocycles. The number of halogens is 1. The van der Waals surface area contributed by atoms with E-state index in [0.29, 0.717) is 5.56 Å². The standard InChI is InChI=1S/C9H11FO2/c10-9(8(12)6-11)7-4-2-1-3-5-7/h1-5,8-9,11-12H,6H2/t8-,9+/m0/s1. The fraction of sp³-hybridized carbons (Fsp3) is 0.333. The number of alkyl halides is 1. The highest BCUT2D eigenvalue weighted by molar-refractivity contribution is 5.18. The molecule has 0 bridgehead atoms. The summed E-state index contributed by atoms with van der Waals surface area (Å²) in [6.45, 7) is -0.559. The molecule has 0 saturated heterocycles. The second kappa shape index (κ2) is 4.18. The van der Waals surface area contributed by atoms with E-state index < -0.39 is 18.9 Å². The minimum atomic E-state index is -1.50. The highest BCUT2D eigenvalue weighted by Crippen LogP contribution is 2.20. The number of rotatable bonds is 3. The van der Waals surface area contributed by atoms with E-state index in [1.807, 2.05) is 0 Å². The Labute approximate surface area is 70.3 Å². The van der Waals surface area contributed by atoms with E-state index in [0.717, 1.165) is 0 Å². The van der Waals surface area contributed by atoms with Crippen LogP contribution in [0.1, 0.15) is 11.7 Å². The van der Waals surface area contributed by atoms with Gasteiger partial charge in [-0.05, 0) is 5.56 Å². The summed E-state index contributed by atoms with van der Waals surface area (Å²) in [5, 5.41) is 17.4. The average Bonchev–Trinajstić information content (AvgIpc) is 2.17. The molecule has 2 nitrogen and oxygen atoms in total. The van der Waals surface area contributed by atoms with Crippen LogP contribution in [0.4, 0.5) is 4.39 Å². The van der Waals surface area contributed by atoms with Gasteiger partial charge in [0.2, 0.25) is 0 Å². The molecule has 0 fully saturated rings. The first kappa shape index (κ1) is 9.16. The van der Waals surface area contributed by atoms with E-state index in [4.69, 9.17) is 10.2 Å². The monoisotopic (exact) mass is 170 g/mol. The number of aliphatic hydroxyl groups is 2. The van der Waals surface area contributed by atoms with Gasteiger partial charge in [0.15, 0.2) is 6.17 Å². The normalized spacial score (nSPS) is 15.6. The minimum absolute atomic E-state index is 0.388. The van der Waals surface area contributed by atoms with Crippen molar-refractivity contribution in [1.29, 1.82) is 0 Å². The maximum absolute atomic E-state index is 13.1. The Kier molecular flexibility index (Phi) is 3.19. The van der Waals surface area contributed by atoms with Crippen molar-refractivity contribution in [2.24, 2.45) is 0 Å². The molecule has 0 radical (unpaired) electrons. The summed E-state index contributed by atoms with van der Waals surface area (Å²) >= 11 is 0. The molecule has 12 heavy (non-hydrogen) atoms. The molecular weight excluding hydrogens is 159 g/mol. The molecule has 1 rings (SSSR count). The van der Waals surface area contributed by atoms with Crippen LogP contribution in [0.5, 0.6) is 0 Å². The summed E-state index contributed by atoms with van der Waals surface area (Å²) in [5.74, 6) is 0. The first-order valence-electron chi connectivity index (χ1n) is 3.73. The van der Waals surface area contributed by atoms with Gasteiger partial charge in [0.1, 0.15) is 6.10 Å². The average molecular weight is 170 g/mol. The van der Waals surface area contributed by atoms with E-state index >= 15 is 0 Å². The third kappa shape index (κ3) is 2.03. The fourth-order valence-electron chi connectivity index (χ4n) is 0.952. The predicted molar refractivity (Wildman–Crippen MR) is 43.4 cm³/mol. The van der Waals surface area contributed by atoms with Crippen molar-refractivity contribution in [3.05, 3.63) is 35.9 Å². The van der Waals surface area contributed by atoms with Gasteiger partial charge in [-0.15, -0.1) is 0 Å². The molecule has 2 N–H and O–H groups in total. The van der Waals surface area contributed by atoms with Gasteiger partial charge in [-0.25, -0.2) is 4.39 Å². The van der Waals surface area contributed by atoms with Crippen molar-refractivity contribution in [3.8, 4) is 0 Å². The third-order valence-electron chi connectivity index (χ3n) is 1.64. The van der Waals surface area contributed by atoms with Crippen LogP contribution in [0.2, 0.25) is 0 Å². The van der Waals surface area contributed by atoms with E-state index in [1.54, 1.807) is 30.3 Å². The highest BCUT2D eigenvalue weighted by atomic mass is 19.1. The molecule has 0 aliphatic rings. The minimum Gasteiger partial charge on any atom is -0.394 e. The van der Waals surface area contributed by atoms with Gasteiger partial charge >= 0.3 is 0 Å². The Hall–Kier alpha value is -0.930. The van der Waals surface area contributed by atoms with Gasteiger partial charge in [-0.2, -0.15) is 0 Å². The quantitative estimate of drug-likeness (QED) is 0.711. The summed E-state index contributed by atoms with van der Waals surface area (Å²) in [6, 6.07) is 8.28. The molecule has 2 atom stereocenters. The smallest absolute Gasteiger partial charge is 0.153 e. The van der Waals surface area contributed by atoms with Crippen LogP contribution in [0.25, 0.3) is 0 Å². The molecule has 0 spiro atoms. The molecule has 1 aromatic carbocycles. The lowest BCUT2D eigenvalue weighted by Crippen LogP contribution is -2.18. The largest absolute Gasteiger partial charge is 0.394 e. The lowest BCUT2D eigenvalue weighted by molar-refractivity contribution is 0.0279. The SMILES string of the molecule is OC[C@H](O)[C@H](F)c1ccccc1. The molecule has 0 aromatic heterocycles. The van der Waals surface area contributed by atoms with Crippen LogP contribution < -0.4 is 0 Å². The predicted octanol–water partition coefficient (Wildman–Crippen LogP) is 1.05.